The van der Waals surface area contributed by atoms with Crippen LogP contribution in [0.25, 0.3) is 0 Å². The molecule has 140 valence electrons. The number of anilines is 1. The maximum Gasteiger partial charge on any atom is 0.308 e. The Balaban J connectivity index is 1.54. The van der Waals surface area contributed by atoms with Gasteiger partial charge in [0.2, 0.25) is 5.91 Å². The molecule has 2 aliphatic rings. The summed E-state index contributed by atoms with van der Waals surface area (Å²) < 4.78 is 5.58. The van der Waals surface area contributed by atoms with Crippen LogP contribution < -0.4 is 10.1 Å². The molecule has 0 radical (unpaired) electrons. The number of nitrogens with zero attached hydrogens (tertiary/aromatic N) is 1. The highest BCUT2D eigenvalue weighted by molar-refractivity contribution is 5.94. The van der Waals surface area contributed by atoms with Crippen molar-refractivity contribution < 1.29 is 24.2 Å². The normalized spacial score (nSPS) is 17.3. The second-order valence-electron chi connectivity index (χ2n) is 7.10. The molecule has 0 aromatic heterocycles. The molecule has 3 rings (SSSR count). The van der Waals surface area contributed by atoms with Crippen molar-refractivity contribution in [3.05, 3.63) is 24.3 Å². The number of carbonyl (C=O) groups is 3. The Labute approximate surface area is 152 Å². The molecule has 0 aliphatic heterocycles. The molecule has 1 aromatic carbocycles. The number of aliphatic carboxylic acids is 1. The molecule has 0 heterocycles. The maximum atomic E-state index is 12.5. The van der Waals surface area contributed by atoms with Gasteiger partial charge in [-0.15, -0.1) is 0 Å². The molecule has 26 heavy (non-hydrogen) atoms. The van der Waals surface area contributed by atoms with Crippen LogP contribution in [0.4, 0.5) is 5.69 Å². The van der Waals surface area contributed by atoms with Crippen molar-refractivity contribution in [3.63, 3.8) is 0 Å². The Hall–Kier alpha value is -2.57. The van der Waals surface area contributed by atoms with Crippen LogP contribution in [0.5, 0.6) is 5.75 Å². The minimum Gasteiger partial charge on any atom is -0.484 e. The van der Waals surface area contributed by atoms with E-state index in [1.165, 1.54) is 0 Å². The largest absolute Gasteiger partial charge is 0.484 e. The van der Waals surface area contributed by atoms with Gasteiger partial charge in [-0.1, -0.05) is 13.0 Å². The van der Waals surface area contributed by atoms with E-state index in [1.54, 1.807) is 36.1 Å². The van der Waals surface area contributed by atoms with Crippen LogP contribution in [-0.2, 0) is 14.4 Å². The fraction of sp³-hybridized carbons (Fsp3) is 0.526. The lowest BCUT2D eigenvalue weighted by molar-refractivity contribution is -0.143. The first-order valence-electron chi connectivity index (χ1n) is 9.00. The van der Waals surface area contributed by atoms with Crippen molar-refractivity contribution in [2.24, 2.45) is 11.8 Å². The van der Waals surface area contributed by atoms with Gasteiger partial charge in [0, 0.05) is 30.3 Å². The lowest BCUT2D eigenvalue weighted by Gasteiger charge is -2.24. The topological polar surface area (TPSA) is 95.9 Å². The number of carboxylic acids is 1. The Morgan fingerprint density at radius 2 is 2.00 bits per heavy atom. The molecule has 0 spiro atoms. The number of nitrogens with one attached hydrogen (secondary N) is 1. The van der Waals surface area contributed by atoms with E-state index in [0.29, 0.717) is 11.4 Å². The lowest BCUT2D eigenvalue weighted by atomic mass is 10.1. The zero-order chi connectivity index (χ0) is 18.7. The second kappa shape index (κ2) is 7.76. The first kappa shape index (κ1) is 18.2. The van der Waals surface area contributed by atoms with Gasteiger partial charge in [0.1, 0.15) is 5.75 Å². The quantitative estimate of drug-likeness (QED) is 0.703. The van der Waals surface area contributed by atoms with Crippen LogP contribution in [0.15, 0.2) is 24.3 Å². The Bertz CT molecular complexity index is 697. The van der Waals surface area contributed by atoms with Gasteiger partial charge in [-0.25, -0.2) is 0 Å². The molecule has 1 atom stereocenters. The van der Waals surface area contributed by atoms with Gasteiger partial charge in [0.05, 0.1) is 5.92 Å². The maximum absolute atomic E-state index is 12.5. The van der Waals surface area contributed by atoms with Crippen LogP contribution in [0.3, 0.4) is 0 Å². The molecule has 7 nitrogen and oxygen atoms in total. The van der Waals surface area contributed by atoms with Crippen LogP contribution in [0, 0.1) is 11.8 Å². The van der Waals surface area contributed by atoms with E-state index in [1.807, 2.05) is 0 Å². The molecule has 7 heteroatoms. The van der Waals surface area contributed by atoms with E-state index in [-0.39, 0.29) is 36.9 Å². The third-order valence-corrected chi connectivity index (χ3v) is 4.61. The first-order valence-corrected chi connectivity index (χ1v) is 9.00. The zero-order valence-corrected chi connectivity index (χ0v) is 14.8. The minimum atomic E-state index is -0.913. The third kappa shape index (κ3) is 4.97. The number of amides is 2. The van der Waals surface area contributed by atoms with E-state index in [0.717, 1.165) is 25.7 Å². The first-order chi connectivity index (χ1) is 12.4. The molecule has 1 unspecified atom stereocenters. The summed E-state index contributed by atoms with van der Waals surface area (Å²) in [5.41, 5.74) is 0.644. The summed E-state index contributed by atoms with van der Waals surface area (Å²) in [6, 6.07) is 7.07. The summed E-state index contributed by atoms with van der Waals surface area (Å²) in [7, 11) is 0. The monoisotopic (exact) mass is 360 g/mol. The van der Waals surface area contributed by atoms with E-state index >= 15 is 0 Å². The summed E-state index contributed by atoms with van der Waals surface area (Å²) in [4.78, 5) is 36.9. The molecule has 2 amide bonds. The highest BCUT2D eigenvalue weighted by atomic mass is 16.5. The molecular weight excluding hydrogens is 336 g/mol. The summed E-state index contributed by atoms with van der Waals surface area (Å²) in [6.45, 7) is 1.64. The number of rotatable bonds is 9. The molecule has 0 bridgehead atoms. The van der Waals surface area contributed by atoms with Crippen molar-refractivity contribution >= 4 is 23.5 Å². The standard InChI is InChI=1S/C19H24N2O5/c1-12(19(24)25)10-21(15-7-8-15)17(22)11-26-16-4-2-3-14(9-16)20-18(23)13-5-6-13/h2-4,9,12-13,15H,5-8,10-11H2,1H3,(H,20,23)(H,24,25). The SMILES string of the molecule is CC(CN(C(=O)COc1cccc(NC(=O)C2CC2)c1)C1CC1)C(=O)O. The van der Waals surface area contributed by atoms with Crippen molar-refractivity contribution in [2.75, 3.05) is 18.5 Å². The fourth-order valence-corrected chi connectivity index (χ4v) is 2.70. The number of carboxylic acid groups (broad SMARTS) is 1. The third-order valence-electron chi connectivity index (χ3n) is 4.61. The molecule has 2 saturated carbocycles. The van der Waals surface area contributed by atoms with Gasteiger partial charge in [-0.2, -0.15) is 0 Å². The predicted molar refractivity (Wildman–Crippen MR) is 94.8 cm³/mol. The van der Waals surface area contributed by atoms with Crippen molar-refractivity contribution in [3.8, 4) is 5.75 Å². The Morgan fingerprint density at radius 3 is 2.62 bits per heavy atom. The van der Waals surface area contributed by atoms with Gasteiger partial charge < -0.3 is 20.1 Å². The smallest absolute Gasteiger partial charge is 0.308 e. The fourth-order valence-electron chi connectivity index (χ4n) is 2.70. The summed E-state index contributed by atoms with van der Waals surface area (Å²) in [6.07, 6.45) is 3.67. The summed E-state index contributed by atoms with van der Waals surface area (Å²) in [5.74, 6) is -1.11. The van der Waals surface area contributed by atoms with E-state index in [2.05, 4.69) is 5.32 Å². The predicted octanol–water partition coefficient (Wildman–Crippen LogP) is 2.13. The van der Waals surface area contributed by atoms with E-state index in [9.17, 15) is 14.4 Å². The van der Waals surface area contributed by atoms with Gasteiger partial charge >= 0.3 is 5.97 Å². The molecular formula is C19H24N2O5. The highest BCUT2D eigenvalue weighted by Crippen LogP contribution is 2.31. The zero-order valence-electron chi connectivity index (χ0n) is 14.8. The van der Waals surface area contributed by atoms with Gasteiger partial charge in [-0.3, -0.25) is 14.4 Å². The van der Waals surface area contributed by atoms with Crippen LogP contribution in [-0.4, -0.2) is 47.0 Å². The number of hydrogen-bond acceptors (Lipinski definition) is 4. The van der Waals surface area contributed by atoms with Gasteiger partial charge in [0.25, 0.3) is 5.91 Å². The number of ether oxygens (including phenoxy) is 1. The minimum absolute atomic E-state index is 0.0146. The summed E-state index contributed by atoms with van der Waals surface area (Å²) >= 11 is 0. The second-order valence-corrected chi connectivity index (χ2v) is 7.10. The van der Waals surface area contributed by atoms with E-state index < -0.39 is 11.9 Å². The molecule has 2 N–H and O–H groups in total. The number of hydrogen-bond donors (Lipinski definition) is 2. The number of carbonyl (C=O) groups excluding carboxylic acids is 2. The number of benzene rings is 1. The molecule has 1 aromatic rings. The summed E-state index contributed by atoms with van der Waals surface area (Å²) in [5, 5.41) is 11.9. The molecule has 2 aliphatic carbocycles. The van der Waals surface area contributed by atoms with Crippen LogP contribution in [0.1, 0.15) is 32.6 Å². The van der Waals surface area contributed by atoms with Crippen molar-refractivity contribution in [1.29, 1.82) is 0 Å². The lowest BCUT2D eigenvalue weighted by Crippen LogP contribution is -2.41. The Kier molecular flexibility index (Phi) is 5.44. The van der Waals surface area contributed by atoms with Crippen molar-refractivity contribution in [1.82, 2.24) is 4.90 Å². The average molecular weight is 360 g/mol. The highest BCUT2D eigenvalue weighted by Gasteiger charge is 2.34. The molecule has 2 fully saturated rings. The van der Waals surface area contributed by atoms with E-state index in [4.69, 9.17) is 9.84 Å². The van der Waals surface area contributed by atoms with Crippen molar-refractivity contribution in [2.45, 2.75) is 38.6 Å². The average Bonchev–Trinajstić information content (AvgIpc) is 3.49. The Morgan fingerprint density at radius 1 is 1.27 bits per heavy atom. The molecule has 0 saturated heterocycles. The van der Waals surface area contributed by atoms with Crippen LogP contribution in [0.2, 0.25) is 0 Å². The van der Waals surface area contributed by atoms with Crippen LogP contribution >= 0.6 is 0 Å². The van der Waals surface area contributed by atoms with Gasteiger partial charge in [0.15, 0.2) is 6.61 Å². The van der Waals surface area contributed by atoms with Gasteiger partial charge in [-0.05, 0) is 37.8 Å².